The van der Waals surface area contributed by atoms with Crippen molar-refractivity contribution in [2.45, 2.75) is 258 Å². The molecule has 0 aliphatic heterocycles. The summed E-state index contributed by atoms with van der Waals surface area (Å²) in [5.41, 5.74) is 0. The van der Waals surface area contributed by atoms with Crippen LogP contribution in [-0.2, 0) is 28.6 Å². The molecule has 0 amide bonds. The van der Waals surface area contributed by atoms with Gasteiger partial charge in [-0.1, -0.05) is 198 Å². The molecular weight excluding hydrogens is 709 g/mol. The Bertz CT molecular complexity index is 969. The van der Waals surface area contributed by atoms with Gasteiger partial charge in [0.1, 0.15) is 13.2 Å². The lowest BCUT2D eigenvalue weighted by Gasteiger charge is -2.18. The van der Waals surface area contributed by atoms with Crippen LogP contribution in [0.5, 0.6) is 0 Å². The van der Waals surface area contributed by atoms with Crippen LogP contribution < -0.4 is 0 Å². The number of carbonyl (C=O) groups excluding carboxylic acids is 3. The maximum absolute atomic E-state index is 12.7. The minimum atomic E-state index is -0.776. The van der Waals surface area contributed by atoms with Crippen molar-refractivity contribution in [1.82, 2.24) is 0 Å². The molecule has 0 saturated heterocycles. The van der Waals surface area contributed by atoms with Crippen molar-refractivity contribution < 1.29 is 28.6 Å². The second-order valence-corrected chi connectivity index (χ2v) is 16.4. The molecule has 0 bridgehead atoms. The SMILES string of the molecule is CCCC/C=C\CCCCCCCC(=O)OCC(COC(=O)CCCCCCC/C=C\C/C=C\CCCCCC)OC(=O)CCCCCCCCCCCCCC. The molecule has 0 heterocycles. The Balaban J connectivity index is 4.37. The zero-order chi connectivity index (χ0) is 41.5. The van der Waals surface area contributed by atoms with Crippen LogP contribution in [0.15, 0.2) is 36.5 Å². The zero-order valence-electron chi connectivity index (χ0n) is 37.9. The fourth-order valence-electron chi connectivity index (χ4n) is 6.86. The molecule has 0 N–H and O–H groups in total. The van der Waals surface area contributed by atoms with Crippen LogP contribution in [0.3, 0.4) is 0 Å². The molecule has 0 aromatic heterocycles. The van der Waals surface area contributed by atoms with Crippen LogP contribution in [0.4, 0.5) is 0 Å². The van der Waals surface area contributed by atoms with Gasteiger partial charge >= 0.3 is 17.9 Å². The molecule has 0 radical (unpaired) electrons. The largest absolute Gasteiger partial charge is 0.462 e. The Kier molecular flexibility index (Phi) is 44.4. The predicted molar refractivity (Wildman–Crippen MR) is 242 cm³/mol. The molecule has 0 saturated carbocycles. The minimum Gasteiger partial charge on any atom is -0.462 e. The number of carbonyl (C=O) groups is 3. The molecule has 0 aromatic rings. The van der Waals surface area contributed by atoms with E-state index in [1.165, 1.54) is 128 Å². The molecule has 0 aliphatic rings. The summed E-state index contributed by atoms with van der Waals surface area (Å²) in [5.74, 6) is -0.896. The maximum Gasteiger partial charge on any atom is 0.306 e. The Hall–Kier alpha value is -2.37. The molecule has 0 aromatic carbocycles. The fourth-order valence-corrected chi connectivity index (χ4v) is 6.86. The summed E-state index contributed by atoms with van der Waals surface area (Å²) < 4.78 is 16.7. The van der Waals surface area contributed by atoms with Crippen molar-refractivity contribution in [2.24, 2.45) is 0 Å². The van der Waals surface area contributed by atoms with Gasteiger partial charge in [0.25, 0.3) is 0 Å². The number of ether oxygens (including phenoxy) is 3. The second kappa shape index (κ2) is 46.3. The quantitative estimate of drug-likeness (QED) is 0.0264. The highest BCUT2D eigenvalue weighted by molar-refractivity contribution is 5.71. The summed E-state index contributed by atoms with van der Waals surface area (Å²) in [7, 11) is 0. The molecule has 1 unspecified atom stereocenters. The van der Waals surface area contributed by atoms with E-state index in [0.717, 1.165) is 83.5 Å². The van der Waals surface area contributed by atoms with Gasteiger partial charge in [-0.3, -0.25) is 14.4 Å². The number of unbranched alkanes of at least 4 members (excludes halogenated alkanes) is 27. The van der Waals surface area contributed by atoms with Crippen molar-refractivity contribution >= 4 is 17.9 Å². The third-order valence-electron chi connectivity index (χ3n) is 10.6. The van der Waals surface area contributed by atoms with Gasteiger partial charge in [-0.15, -0.1) is 0 Å². The Labute approximate surface area is 353 Å². The van der Waals surface area contributed by atoms with Crippen molar-refractivity contribution in [3.63, 3.8) is 0 Å². The summed E-state index contributed by atoms with van der Waals surface area (Å²) in [5, 5.41) is 0. The second-order valence-electron chi connectivity index (χ2n) is 16.4. The highest BCUT2D eigenvalue weighted by atomic mass is 16.6. The first-order valence-corrected chi connectivity index (χ1v) is 24.5. The molecule has 6 heteroatoms. The van der Waals surface area contributed by atoms with E-state index in [1.807, 2.05) is 0 Å². The van der Waals surface area contributed by atoms with E-state index in [-0.39, 0.29) is 31.1 Å². The lowest BCUT2D eigenvalue weighted by Crippen LogP contribution is -2.30. The molecule has 6 nitrogen and oxygen atoms in total. The molecule has 0 fully saturated rings. The van der Waals surface area contributed by atoms with E-state index in [9.17, 15) is 14.4 Å². The van der Waals surface area contributed by atoms with Crippen LogP contribution >= 0.6 is 0 Å². The van der Waals surface area contributed by atoms with Crippen molar-refractivity contribution in [1.29, 1.82) is 0 Å². The first-order chi connectivity index (χ1) is 28.0. The summed E-state index contributed by atoms with van der Waals surface area (Å²) >= 11 is 0. The van der Waals surface area contributed by atoms with Crippen LogP contribution in [0.2, 0.25) is 0 Å². The van der Waals surface area contributed by atoms with Gasteiger partial charge in [0.2, 0.25) is 0 Å². The Morgan fingerprint density at radius 1 is 0.351 bits per heavy atom. The van der Waals surface area contributed by atoms with E-state index < -0.39 is 6.10 Å². The van der Waals surface area contributed by atoms with E-state index >= 15 is 0 Å². The first kappa shape index (κ1) is 54.6. The van der Waals surface area contributed by atoms with E-state index in [4.69, 9.17) is 14.2 Å². The molecule has 0 rings (SSSR count). The van der Waals surface area contributed by atoms with Crippen molar-refractivity contribution in [3.05, 3.63) is 36.5 Å². The average Bonchev–Trinajstić information content (AvgIpc) is 3.21. The number of hydrogen-bond acceptors (Lipinski definition) is 6. The maximum atomic E-state index is 12.7. The smallest absolute Gasteiger partial charge is 0.306 e. The number of allylic oxidation sites excluding steroid dienone is 6. The van der Waals surface area contributed by atoms with Gasteiger partial charge in [0.05, 0.1) is 0 Å². The van der Waals surface area contributed by atoms with E-state index in [1.54, 1.807) is 0 Å². The first-order valence-electron chi connectivity index (χ1n) is 24.5. The van der Waals surface area contributed by atoms with Crippen LogP contribution in [-0.4, -0.2) is 37.2 Å². The third-order valence-corrected chi connectivity index (χ3v) is 10.6. The van der Waals surface area contributed by atoms with Gasteiger partial charge in [0, 0.05) is 19.3 Å². The molecule has 57 heavy (non-hydrogen) atoms. The predicted octanol–water partition coefficient (Wildman–Crippen LogP) is 15.8. The van der Waals surface area contributed by atoms with Crippen molar-refractivity contribution in [3.8, 4) is 0 Å². The lowest BCUT2D eigenvalue weighted by atomic mass is 10.0. The van der Waals surface area contributed by atoms with Gasteiger partial charge in [-0.2, -0.15) is 0 Å². The lowest BCUT2D eigenvalue weighted by molar-refractivity contribution is -0.167. The van der Waals surface area contributed by atoms with Gasteiger partial charge in [-0.05, 0) is 70.6 Å². The normalized spacial score (nSPS) is 12.3. The highest BCUT2D eigenvalue weighted by Crippen LogP contribution is 2.15. The molecule has 1 atom stereocenters. The minimum absolute atomic E-state index is 0.0789. The van der Waals surface area contributed by atoms with E-state index in [0.29, 0.717) is 19.3 Å². The standard InChI is InChI=1S/C51H92O6/c1-4-7-10-13-16-19-22-24-25-26-27-30-32-35-38-41-44-50(53)56-47-48(46-55-49(52)43-40-37-34-31-28-21-18-15-12-9-6-3)57-51(54)45-42-39-36-33-29-23-20-17-14-11-8-5-2/h15,18-19,22,25-26,48H,4-14,16-17,20-21,23-24,27-47H2,1-3H3/b18-15-,22-19-,26-25-. The summed E-state index contributed by atoms with van der Waals surface area (Å²) in [6, 6.07) is 0. The summed E-state index contributed by atoms with van der Waals surface area (Å²) in [6.07, 6.45) is 52.6. The van der Waals surface area contributed by atoms with Crippen LogP contribution in [0.1, 0.15) is 252 Å². The van der Waals surface area contributed by atoms with Gasteiger partial charge in [-0.25, -0.2) is 0 Å². The number of hydrogen-bond donors (Lipinski definition) is 0. The summed E-state index contributed by atoms with van der Waals surface area (Å²) in [6.45, 7) is 6.57. The Morgan fingerprint density at radius 3 is 1.05 bits per heavy atom. The van der Waals surface area contributed by atoms with E-state index in [2.05, 4.69) is 57.2 Å². The molecule has 0 spiro atoms. The monoisotopic (exact) mass is 801 g/mol. The molecule has 0 aliphatic carbocycles. The zero-order valence-corrected chi connectivity index (χ0v) is 37.9. The number of rotatable bonds is 44. The van der Waals surface area contributed by atoms with Gasteiger partial charge in [0.15, 0.2) is 6.10 Å². The number of esters is 3. The topological polar surface area (TPSA) is 78.9 Å². The van der Waals surface area contributed by atoms with Crippen molar-refractivity contribution in [2.75, 3.05) is 13.2 Å². The average molecular weight is 801 g/mol. The fraction of sp³-hybridized carbons (Fsp3) is 0.824. The van der Waals surface area contributed by atoms with Crippen LogP contribution in [0, 0.1) is 0 Å². The van der Waals surface area contributed by atoms with Crippen LogP contribution in [0.25, 0.3) is 0 Å². The Morgan fingerprint density at radius 2 is 0.649 bits per heavy atom. The highest BCUT2D eigenvalue weighted by Gasteiger charge is 2.19. The molecule has 332 valence electrons. The summed E-state index contributed by atoms with van der Waals surface area (Å²) in [4.78, 5) is 37.8. The molecular formula is C51H92O6. The van der Waals surface area contributed by atoms with Gasteiger partial charge < -0.3 is 14.2 Å². The third kappa shape index (κ3) is 44.6.